The predicted molar refractivity (Wildman–Crippen MR) is 60.2 cm³/mol. The summed E-state index contributed by atoms with van der Waals surface area (Å²) in [5.74, 6) is -0.902. The van der Waals surface area contributed by atoms with Crippen LogP contribution in [0.4, 0.5) is 10.1 Å². The molecule has 0 atom stereocenters. The number of rotatable bonds is 3. The lowest BCUT2D eigenvalue weighted by atomic mass is 10.3. The predicted octanol–water partition coefficient (Wildman–Crippen LogP) is 2.97. The van der Waals surface area contributed by atoms with Crippen LogP contribution >= 0.6 is 11.6 Å². The van der Waals surface area contributed by atoms with Crippen LogP contribution in [0.3, 0.4) is 0 Å². The van der Waals surface area contributed by atoms with Crippen molar-refractivity contribution in [1.29, 1.82) is 0 Å². The molecule has 0 radical (unpaired) electrons. The van der Waals surface area contributed by atoms with Gasteiger partial charge < -0.3 is 4.74 Å². The lowest BCUT2D eigenvalue weighted by Gasteiger charge is -2.05. The maximum atomic E-state index is 13.3. The van der Waals surface area contributed by atoms with Crippen LogP contribution in [-0.4, -0.2) is 14.9 Å². The van der Waals surface area contributed by atoms with Crippen LogP contribution in [0.2, 0.25) is 5.02 Å². The van der Waals surface area contributed by atoms with Crippen molar-refractivity contribution in [2.24, 2.45) is 0 Å². The van der Waals surface area contributed by atoms with Crippen LogP contribution in [0.1, 0.15) is 0 Å². The van der Waals surface area contributed by atoms with Gasteiger partial charge in [0.05, 0.1) is 11.1 Å². The van der Waals surface area contributed by atoms with Gasteiger partial charge in [-0.25, -0.2) is 9.97 Å². The van der Waals surface area contributed by atoms with Gasteiger partial charge in [-0.3, -0.25) is 10.1 Å². The molecule has 0 bridgehead atoms. The molecule has 92 valence electrons. The largest absolute Gasteiger partial charge is 0.437 e. The monoisotopic (exact) mass is 269 g/mol. The Hall–Kier alpha value is -2.28. The van der Waals surface area contributed by atoms with Gasteiger partial charge in [-0.2, -0.15) is 4.39 Å². The Morgan fingerprint density at radius 3 is 2.83 bits per heavy atom. The fourth-order valence-corrected chi connectivity index (χ4v) is 1.33. The van der Waals surface area contributed by atoms with Crippen molar-refractivity contribution >= 4 is 17.3 Å². The molecule has 1 aromatic carbocycles. The van der Waals surface area contributed by atoms with E-state index in [0.717, 1.165) is 12.1 Å². The van der Waals surface area contributed by atoms with Crippen LogP contribution in [0, 0.1) is 15.9 Å². The third-order valence-electron chi connectivity index (χ3n) is 1.96. The molecule has 0 fully saturated rings. The zero-order valence-corrected chi connectivity index (χ0v) is 9.46. The molecule has 0 spiro atoms. The second-order valence-corrected chi connectivity index (χ2v) is 3.56. The van der Waals surface area contributed by atoms with E-state index in [-0.39, 0.29) is 16.7 Å². The van der Waals surface area contributed by atoms with E-state index < -0.39 is 16.4 Å². The molecular weight excluding hydrogens is 265 g/mol. The van der Waals surface area contributed by atoms with Gasteiger partial charge in [0, 0.05) is 12.1 Å². The summed E-state index contributed by atoms with van der Waals surface area (Å²) in [6.07, 6.45) is 2.52. The Morgan fingerprint density at radius 1 is 1.44 bits per heavy atom. The topological polar surface area (TPSA) is 78.2 Å². The van der Waals surface area contributed by atoms with Crippen molar-refractivity contribution in [2.45, 2.75) is 0 Å². The summed E-state index contributed by atoms with van der Waals surface area (Å²) in [5, 5.41) is 10.6. The molecule has 0 aliphatic rings. The highest BCUT2D eigenvalue weighted by atomic mass is 35.5. The average molecular weight is 270 g/mol. The molecule has 6 nitrogen and oxygen atoms in total. The van der Waals surface area contributed by atoms with E-state index in [9.17, 15) is 14.5 Å². The summed E-state index contributed by atoms with van der Waals surface area (Å²) in [5.41, 5.74) is -0.629. The summed E-state index contributed by atoms with van der Waals surface area (Å²) in [4.78, 5) is 17.0. The van der Waals surface area contributed by atoms with Crippen molar-refractivity contribution in [1.82, 2.24) is 9.97 Å². The molecule has 2 aromatic rings. The Balaban J connectivity index is 2.29. The second kappa shape index (κ2) is 4.92. The minimum Gasteiger partial charge on any atom is -0.437 e. The zero-order valence-electron chi connectivity index (χ0n) is 8.71. The van der Waals surface area contributed by atoms with Crippen molar-refractivity contribution in [3.05, 3.63) is 51.7 Å². The smallest absolute Gasteiger partial charge is 0.305 e. The SMILES string of the molecule is O=[N+]([O-])c1ccc(Oc2ncncc2Cl)cc1F. The first-order chi connectivity index (χ1) is 8.58. The molecule has 0 saturated carbocycles. The summed E-state index contributed by atoms with van der Waals surface area (Å²) in [6, 6.07) is 3.13. The molecule has 0 amide bonds. The first-order valence-corrected chi connectivity index (χ1v) is 5.03. The van der Waals surface area contributed by atoms with Crippen molar-refractivity contribution < 1.29 is 14.1 Å². The van der Waals surface area contributed by atoms with Crippen LogP contribution in [0.25, 0.3) is 0 Å². The number of ether oxygens (including phenoxy) is 1. The number of halogens is 2. The van der Waals surface area contributed by atoms with Gasteiger partial charge >= 0.3 is 5.69 Å². The standard InChI is InChI=1S/C10H5ClFN3O3/c11-7-4-13-5-14-10(7)18-6-1-2-9(15(16)17)8(12)3-6/h1-5H. The third kappa shape index (κ3) is 2.51. The number of hydrogen-bond donors (Lipinski definition) is 0. The second-order valence-electron chi connectivity index (χ2n) is 3.15. The Morgan fingerprint density at radius 2 is 2.22 bits per heavy atom. The summed E-state index contributed by atoms with van der Waals surface area (Å²) in [6.45, 7) is 0. The van der Waals surface area contributed by atoms with Crippen molar-refractivity contribution in [3.8, 4) is 11.6 Å². The van der Waals surface area contributed by atoms with Gasteiger partial charge in [-0.15, -0.1) is 0 Å². The van der Waals surface area contributed by atoms with Gasteiger partial charge in [-0.05, 0) is 6.07 Å². The molecular formula is C10H5ClFN3O3. The van der Waals surface area contributed by atoms with Crippen LogP contribution in [-0.2, 0) is 0 Å². The van der Waals surface area contributed by atoms with Gasteiger partial charge in [0.1, 0.15) is 17.1 Å². The lowest BCUT2D eigenvalue weighted by Crippen LogP contribution is -1.94. The van der Waals surface area contributed by atoms with E-state index in [0.29, 0.717) is 0 Å². The van der Waals surface area contributed by atoms with Gasteiger partial charge in [0.25, 0.3) is 0 Å². The quantitative estimate of drug-likeness (QED) is 0.632. The Kier molecular flexibility index (Phi) is 3.33. The molecule has 0 N–H and O–H groups in total. The average Bonchev–Trinajstić information content (AvgIpc) is 2.32. The van der Waals surface area contributed by atoms with E-state index in [4.69, 9.17) is 16.3 Å². The maximum Gasteiger partial charge on any atom is 0.305 e. The molecule has 1 heterocycles. The van der Waals surface area contributed by atoms with E-state index in [1.54, 1.807) is 0 Å². The minimum absolute atomic E-state index is 0.0416. The van der Waals surface area contributed by atoms with Crippen LogP contribution < -0.4 is 4.74 Å². The highest BCUT2D eigenvalue weighted by Crippen LogP contribution is 2.28. The highest BCUT2D eigenvalue weighted by molar-refractivity contribution is 6.31. The number of benzene rings is 1. The normalized spacial score (nSPS) is 10.1. The lowest BCUT2D eigenvalue weighted by molar-refractivity contribution is -0.387. The molecule has 0 aliphatic heterocycles. The summed E-state index contributed by atoms with van der Waals surface area (Å²) in [7, 11) is 0. The summed E-state index contributed by atoms with van der Waals surface area (Å²) < 4.78 is 18.5. The summed E-state index contributed by atoms with van der Waals surface area (Å²) >= 11 is 5.74. The van der Waals surface area contributed by atoms with E-state index in [1.165, 1.54) is 18.6 Å². The van der Waals surface area contributed by atoms with E-state index in [1.807, 2.05) is 0 Å². The van der Waals surface area contributed by atoms with Crippen molar-refractivity contribution in [3.63, 3.8) is 0 Å². The van der Waals surface area contributed by atoms with E-state index >= 15 is 0 Å². The zero-order chi connectivity index (χ0) is 13.1. The molecule has 2 rings (SSSR count). The third-order valence-corrected chi connectivity index (χ3v) is 2.22. The first kappa shape index (κ1) is 12.2. The van der Waals surface area contributed by atoms with Crippen LogP contribution in [0.15, 0.2) is 30.7 Å². The fourth-order valence-electron chi connectivity index (χ4n) is 1.19. The van der Waals surface area contributed by atoms with Crippen molar-refractivity contribution in [2.75, 3.05) is 0 Å². The van der Waals surface area contributed by atoms with Gasteiger partial charge in [0.15, 0.2) is 0 Å². The number of nitrogens with zero attached hydrogens (tertiary/aromatic N) is 3. The molecule has 18 heavy (non-hydrogen) atoms. The fraction of sp³-hybridized carbons (Fsp3) is 0. The molecule has 0 aliphatic carbocycles. The Bertz CT molecular complexity index is 609. The first-order valence-electron chi connectivity index (χ1n) is 4.65. The molecule has 0 saturated heterocycles. The Labute approximate surface area is 105 Å². The number of hydrogen-bond acceptors (Lipinski definition) is 5. The van der Waals surface area contributed by atoms with Gasteiger partial charge in [-0.1, -0.05) is 11.6 Å². The molecule has 0 unspecified atom stereocenters. The highest BCUT2D eigenvalue weighted by Gasteiger charge is 2.15. The number of nitro groups is 1. The van der Waals surface area contributed by atoms with Crippen LogP contribution in [0.5, 0.6) is 11.6 Å². The molecule has 8 heteroatoms. The number of nitro benzene ring substituents is 1. The minimum atomic E-state index is -0.998. The maximum absolute atomic E-state index is 13.3. The van der Waals surface area contributed by atoms with Gasteiger partial charge in [0.2, 0.25) is 11.7 Å². The number of aromatic nitrogens is 2. The van der Waals surface area contributed by atoms with E-state index in [2.05, 4.69) is 9.97 Å². The molecule has 1 aromatic heterocycles.